The average Bonchev–Trinajstić information content (AvgIpc) is 3.95. The number of nitrogens with one attached hydrogen (secondary N) is 1. The van der Waals surface area contributed by atoms with Crippen molar-refractivity contribution in [2.45, 2.75) is 51.9 Å². The van der Waals surface area contributed by atoms with Gasteiger partial charge < -0.3 is 14.3 Å². The van der Waals surface area contributed by atoms with Crippen LogP contribution in [-0.2, 0) is 11.8 Å². The third-order valence-corrected chi connectivity index (χ3v) is 14.4. The molecule has 13 rings (SSSR count). The SMILES string of the molecule is CCCCCc1ccc(Nc2ccccc2-c2cc(-c3ccc4c(c3)C(C)(C)c3ccccc3-4)c3c4c5ccccc5ccc4n4c3c2[B]c2cc3oc5ccccc5c3cc2-4)cc1. The number of aryl methyl sites for hydroxylation is 1. The molecule has 1 radical (unpaired) electrons. The topological polar surface area (TPSA) is 30.1 Å². The first-order valence-corrected chi connectivity index (χ1v) is 23.0. The van der Waals surface area contributed by atoms with Crippen LogP contribution >= 0.6 is 0 Å². The lowest BCUT2D eigenvalue weighted by molar-refractivity contribution is 0.660. The Bertz CT molecular complexity index is 3720. The van der Waals surface area contributed by atoms with E-state index in [0.717, 1.165) is 50.8 Å². The molecule has 1 N–H and O–H groups in total. The number of benzene rings is 9. The van der Waals surface area contributed by atoms with Crippen molar-refractivity contribution >= 4 is 84.1 Å². The summed E-state index contributed by atoms with van der Waals surface area (Å²) in [6.45, 7) is 7.03. The van der Waals surface area contributed by atoms with Crippen LogP contribution < -0.4 is 16.2 Å². The van der Waals surface area contributed by atoms with E-state index >= 15 is 0 Å². The number of furan rings is 1. The molecule has 1 aliphatic heterocycles. The first-order valence-electron chi connectivity index (χ1n) is 23.0. The third-order valence-electron chi connectivity index (χ3n) is 14.4. The summed E-state index contributed by atoms with van der Waals surface area (Å²) >= 11 is 0. The highest BCUT2D eigenvalue weighted by molar-refractivity contribution is 6.74. The lowest BCUT2D eigenvalue weighted by Gasteiger charge is -2.25. The number of nitrogens with zero attached hydrogens (tertiary/aromatic N) is 1. The molecule has 2 aliphatic rings. The molecule has 2 aromatic heterocycles. The normalized spacial score (nSPS) is 13.4. The molecule has 0 unspecified atom stereocenters. The molecule has 1 aliphatic carbocycles. The summed E-state index contributed by atoms with van der Waals surface area (Å²) in [6, 6.07) is 63.2. The summed E-state index contributed by atoms with van der Waals surface area (Å²) in [7, 11) is 2.43. The highest BCUT2D eigenvalue weighted by atomic mass is 16.3. The van der Waals surface area contributed by atoms with Crippen molar-refractivity contribution in [3.63, 3.8) is 0 Å². The molecule has 64 heavy (non-hydrogen) atoms. The van der Waals surface area contributed by atoms with Crippen LogP contribution in [0.25, 0.3) is 93.6 Å². The number of aromatic nitrogens is 1. The minimum absolute atomic E-state index is 0.135. The van der Waals surface area contributed by atoms with E-state index in [1.165, 1.54) is 107 Å². The highest BCUT2D eigenvalue weighted by Crippen LogP contribution is 2.51. The van der Waals surface area contributed by atoms with E-state index in [1.807, 2.05) is 0 Å². The molecule has 0 saturated carbocycles. The molecule has 3 nitrogen and oxygen atoms in total. The van der Waals surface area contributed by atoms with Gasteiger partial charge in [-0.15, -0.1) is 0 Å². The fourth-order valence-corrected chi connectivity index (χ4v) is 11.3. The number of hydrogen-bond acceptors (Lipinski definition) is 2. The zero-order valence-corrected chi connectivity index (χ0v) is 36.4. The van der Waals surface area contributed by atoms with Gasteiger partial charge in [0.1, 0.15) is 11.2 Å². The van der Waals surface area contributed by atoms with Gasteiger partial charge in [0.05, 0.1) is 5.52 Å². The minimum Gasteiger partial charge on any atom is -0.456 e. The predicted octanol–water partition coefficient (Wildman–Crippen LogP) is 14.9. The Labute approximate surface area is 374 Å². The summed E-state index contributed by atoms with van der Waals surface area (Å²) in [5.74, 6) is 0. The van der Waals surface area contributed by atoms with Gasteiger partial charge in [-0.25, -0.2) is 0 Å². The Morgan fingerprint density at radius 2 is 1.34 bits per heavy atom. The van der Waals surface area contributed by atoms with Crippen molar-refractivity contribution in [1.82, 2.24) is 4.57 Å². The fourth-order valence-electron chi connectivity index (χ4n) is 11.3. The lowest BCUT2D eigenvalue weighted by atomic mass is 9.58. The van der Waals surface area contributed by atoms with E-state index in [4.69, 9.17) is 4.42 Å². The molecule has 0 spiro atoms. The lowest BCUT2D eigenvalue weighted by Crippen LogP contribution is -2.37. The zero-order valence-electron chi connectivity index (χ0n) is 36.4. The Morgan fingerprint density at radius 3 is 2.22 bits per heavy atom. The Morgan fingerprint density at radius 1 is 0.578 bits per heavy atom. The number of hydrogen-bond donors (Lipinski definition) is 1. The number of para-hydroxylation sites is 2. The van der Waals surface area contributed by atoms with E-state index in [2.05, 4.69) is 208 Å². The average molecular weight is 822 g/mol. The number of rotatable bonds is 8. The molecular weight excluding hydrogens is 775 g/mol. The molecule has 0 amide bonds. The standard InChI is InChI=1S/C60H46BN2O/c1-4-5-6-15-36-24-28-39(29-25-36)62-51-22-13-10-19-43(51)47-33-45(38-26-30-42-41-18-9-12-21-48(41)60(2,3)49(42)32-38)57-56-40-17-8-7-16-37(40)27-31-52(56)63-53-34-46-44-20-11-14-23-54(44)64-55(46)35-50(53)61-58(47)59(57)63/h7-14,16-35,62H,4-6,15H2,1-3H3. The smallest absolute Gasteiger partial charge is 0.198 e. The largest absolute Gasteiger partial charge is 0.456 e. The summed E-state index contributed by atoms with van der Waals surface area (Å²) < 4.78 is 9.12. The molecular formula is C60H46BN2O. The van der Waals surface area contributed by atoms with Gasteiger partial charge in [0.15, 0.2) is 7.28 Å². The number of fused-ring (bicyclic) bond motifs is 13. The second-order valence-corrected chi connectivity index (χ2v) is 18.5. The van der Waals surface area contributed by atoms with E-state index in [9.17, 15) is 0 Å². The second kappa shape index (κ2) is 14.1. The molecule has 305 valence electrons. The summed E-state index contributed by atoms with van der Waals surface area (Å²) in [6.07, 6.45) is 4.83. The maximum absolute atomic E-state index is 6.56. The van der Waals surface area contributed by atoms with Gasteiger partial charge >= 0.3 is 0 Å². The molecule has 9 aromatic carbocycles. The van der Waals surface area contributed by atoms with Crippen molar-refractivity contribution in [3.8, 4) is 39.1 Å². The van der Waals surface area contributed by atoms with Crippen LogP contribution in [0.5, 0.6) is 0 Å². The van der Waals surface area contributed by atoms with Crippen molar-refractivity contribution in [2.24, 2.45) is 0 Å². The molecule has 0 saturated heterocycles. The van der Waals surface area contributed by atoms with Gasteiger partial charge in [0.2, 0.25) is 0 Å². The third kappa shape index (κ3) is 5.48. The van der Waals surface area contributed by atoms with Crippen LogP contribution in [0.3, 0.4) is 0 Å². The van der Waals surface area contributed by atoms with E-state index in [0.29, 0.717) is 0 Å². The maximum Gasteiger partial charge on any atom is 0.198 e. The van der Waals surface area contributed by atoms with Crippen LogP contribution in [0.4, 0.5) is 11.4 Å². The van der Waals surface area contributed by atoms with E-state index in [-0.39, 0.29) is 5.41 Å². The van der Waals surface area contributed by atoms with Gasteiger partial charge in [-0.05, 0) is 128 Å². The molecule has 0 atom stereocenters. The van der Waals surface area contributed by atoms with Crippen LogP contribution in [0.1, 0.15) is 56.7 Å². The molecule has 11 aromatic rings. The van der Waals surface area contributed by atoms with Gasteiger partial charge in [-0.1, -0.05) is 154 Å². The van der Waals surface area contributed by atoms with Crippen LogP contribution in [0.15, 0.2) is 174 Å². The van der Waals surface area contributed by atoms with E-state index < -0.39 is 0 Å². The Kier molecular flexibility index (Phi) is 8.22. The van der Waals surface area contributed by atoms with Gasteiger partial charge in [0.25, 0.3) is 0 Å². The van der Waals surface area contributed by atoms with Gasteiger partial charge in [0, 0.05) is 55.1 Å². The highest BCUT2D eigenvalue weighted by Gasteiger charge is 2.36. The minimum atomic E-state index is -0.135. The molecule has 3 heterocycles. The van der Waals surface area contributed by atoms with Crippen molar-refractivity contribution in [3.05, 3.63) is 187 Å². The van der Waals surface area contributed by atoms with E-state index in [1.54, 1.807) is 0 Å². The summed E-state index contributed by atoms with van der Waals surface area (Å²) in [5.41, 5.74) is 21.4. The maximum atomic E-state index is 6.56. The first kappa shape index (κ1) is 37.3. The first-order chi connectivity index (χ1) is 31.4. The summed E-state index contributed by atoms with van der Waals surface area (Å²) in [5, 5.41) is 11.2. The van der Waals surface area contributed by atoms with Crippen LogP contribution in [0.2, 0.25) is 0 Å². The second-order valence-electron chi connectivity index (χ2n) is 18.5. The van der Waals surface area contributed by atoms with Crippen LogP contribution in [0, 0.1) is 0 Å². The molecule has 4 heteroatoms. The molecule has 0 bridgehead atoms. The summed E-state index contributed by atoms with van der Waals surface area (Å²) in [4.78, 5) is 0. The van der Waals surface area contributed by atoms with Crippen molar-refractivity contribution in [1.29, 1.82) is 0 Å². The Hall–Kier alpha value is -7.30. The monoisotopic (exact) mass is 821 g/mol. The Balaban J connectivity index is 1.11. The van der Waals surface area contributed by atoms with Gasteiger partial charge in [-0.2, -0.15) is 0 Å². The van der Waals surface area contributed by atoms with Crippen molar-refractivity contribution < 1.29 is 4.42 Å². The van der Waals surface area contributed by atoms with Gasteiger partial charge in [-0.3, -0.25) is 0 Å². The van der Waals surface area contributed by atoms with Crippen molar-refractivity contribution in [2.75, 3.05) is 5.32 Å². The van der Waals surface area contributed by atoms with Crippen LogP contribution in [-0.4, -0.2) is 11.8 Å². The number of anilines is 2. The molecule has 0 fully saturated rings. The quantitative estimate of drug-likeness (QED) is 0.122. The zero-order chi connectivity index (χ0) is 42.7. The fraction of sp³-hybridized carbons (Fsp3) is 0.133. The predicted molar refractivity (Wildman–Crippen MR) is 272 cm³/mol. The number of unbranched alkanes of at least 4 members (excludes halogenated alkanes) is 2.